The highest BCUT2D eigenvalue weighted by atomic mass is 16.6. The van der Waals surface area contributed by atoms with Gasteiger partial charge in [0.1, 0.15) is 17.1 Å². The lowest BCUT2D eigenvalue weighted by molar-refractivity contribution is -0.142. The van der Waals surface area contributed by atoms with Gasteiger partial charge in [-0.25, -0.2) is 4.79 Å². The van der Waals surface area contributed by atoms with Crippen molar-refractivity contribution in [3.8, 4) is 5.75 Å². The number of allylic oxidation sites excluding steroid dienone is 2. The summed E-state index contributed by atoms with van der Waals surface area (Å²) in [6, 6.07) is 13.8. The normalized spacial score (nSPS) is 19.2. The molecule has 0 heterocycles. The van der Waals surface area contributed by atoms with Crippen LogP contribution in [-0.4, -0.2) is 35.0 Å². The summed E-state index contributed by atoms with van der Waals surface area (Å²) < 4.78 is 17.2. The minimum atomic E-state index is -1.11. The Morgan fingerprint density at radius 2 is 1.83 bits per heavy atom. The fraction of sp³-hybridized carbons (Fsp3) is 0.471. The summed E-state index contributed by atoms with van der Waals surface area (Å²) in [6.45, 7) is 11.6. The van der Waals surface area contributed by atoms with E-state index in [1.54, 1.807) is 6.92 Å². The molecule has 4 rings (SSSR count). The van der Waals surface area contributed by atoms with Gasteiger partial charge in [0.25, 0.3) is 0 Å². The van der Waals surface area contributed by atoms with Crippen LogP contribution in [0.4, 0.5) is 4.79 Å². The Bertz CT molecular complexity index is 1350. The minimum Gasteiger partial charge on any atom is -0.507 e. The highest BCUT2D eigenvalue weighted by Gasteiger charge is 2.41. The summed E-state index contributed by atoms with van der Waals surface area (Å²) in [4.78, 5) is 24.5. The third-order valence-electron chi connectivity index (χ3n) is 7.77. The zero-order valence-corrected chi connectivity index (χ0v) is 25.1. The van der Waals surface area contributed by atoms with Gasteiger partial charge in [-0.3, -0.25) is 4.79 Å². The minimum absolute atomic E-state index is 0.0942. The van der Waals surface area contributed by atoms with Gasteiger partial charge in [0.05, 0.1) is 13.0 Å². The number of aliphatic hydroxyl groups is 1. The van der Waals surface area contributed by atoms with Crippen molar-refractivity contribution in [3.05, 3.63) is 82.1 Å². The van der Waals surface area contributed by atoms with Crippen molar-refractivity contribution in [2.24, 2.45) is 0 Å². The molecule has 7 nitrogen and oxygen atoms in total. The monoisotopic (exact) mass is 561 g/mol. The number of amides is 1. The highest BCUT2D eigenvalue weighted by Crippen LogP contribution is 2.44. The first-order chi connectivity index (χ1) is 19.4. The highest BCUT2D eigenvalue weighted by molar-refractivity contribution is 5.82. The van der Waals surface area contributed by atoms with Crippen LogP contribution in [0.25, 0.3) is 5.57 Å². The molecule has 1 amide bonds. The number of carbonyl (C=O) groups is 2. The molecule has 41 heavy (non-hydrogen) atoms. The second-order valence-electron chi connectivity index (χ2n) is 12.1. The summed E-state index contributed by atoms with van der Waals surface area (Å²) in [5.74, 6) is 0.840. The predicted molar refractivity (Wildman–Crippen MR) is 160 cm³/mol. The molecule has 2 aliphatic rings. The van der Waals surface area contributed by atoms with Gasteiger partial charge in [0.2, 0.25) is 0 Å². The molecule has 1 unspecified atom stereocenters. The Morgan fingerprint density at radius 1 is 1.10 bits per heavy atom. The fourth-order valence-corrected chi connectivity index (χ4v) is 5.47. The van der Waals surface area contributed by atoms with Crippen LogP contribution in [0.1, 0.15) is 95.4 Å². The van der Waals surface area contributed by atoms with Crippen LogP contribution in [0.5, 0.6) is 5.75 Å². The van der Waals surface area contributed by atoms with Gasteiger partial charge >= 0.3 is 12.1 Å². The zero-order chi connectivity index (χ0) is 29.8. The van der Waals surface area contributed by atoms with Gasteiger partial charge in [-0.05, 0) is 101 Å². The van der Waals surface area contributed by atoms with Gasteiger partial charge in [-0.15, -0.1) is 0 Å². The summed E-state index contributed by atoms with van der Waals surface area (Å²) in [6.07, 6.45) is 6.25. The molecular weight excluding hydrogens is 518 g/mol. The number of alkyl carbamates (subject to hydrolysis) is 1. The van der Waals surface area contributed by atoms with Crippen LogP contribution in [0, 0.1) is 0 Å². The Balaban J connectivity index is 1.60. The Hall–Kier alpha value is -3.74. The van der Waals surface area contributed by atoms with E-state index in [0.29, 0.717) is 30.4 Å². The third-order valence-corrected chi connectivity index (χ3v) is 7.77. The predicted octanol–water partition coefficient (Wildman–Crippen LogP) is 7.54. The molecule has 7 heteroatoms. The van der Waals surface area contributed by atoms with Crippen molar-refractivity contribution in [2.75, 3.05) is 6.61 Å². The van der Waals surface area contributed by atoms with E-state index in [-0.39, 0.29) is 18.1 Å². The lowest BCUT2D eigenvalue weighted by Gasteiger charge is -2.30. The first-order valence-electron chi connectivity index (χ1n) is 14.6. The van der Waals surface area contributed by atoms with E-state index in [0.717, 1.165) is 35.1 Å². The maximum Gasteiger partial charge on any atom is 0.407 e. The van der Waals surface area contributed by atoms with Crippen molar-refractivity contribution in [2.45, 2.75) is 97.3 Å². The first-order valence-corrected chi connectivity index (χ1v) is 14.6. The average molecular weight is 562 g/mol. The van der Waals surface area contributed by atoms with E-state index in [1.807, 2.05) is 77.1 Å². The number of aliphatic hydroxyl groups excluding tert-OH is 1. The zero-order valence-electron chi connectivity index (χ0n) is 25.1. The number of rotatable bonds is 9. The average Bonchev–Trinajstić information content (AvgIpc) is 3.52. The maximum absolute atomic E-state index is 12.4. The third kappa shape index (κ3) is 7.32. The molecule has 0 aromatic heterocycles. The molecule has 1 fully saturated rings. The molecule has 2 N–H and O–H groups in total. The van der Waals surface area contributed by atoms with Gasteiger partial charge in [0, 0.05) is 17.7 Å². The fourth-order valence-electron chi connectivity index (χ4n) is 5.47. The first kappa shape index (κ1) is 30.2. The van der Waals surface area contributed by atoms with Crippen molar-refractivity contribution in [1.82, 2.24) is 5.32 Å². The summed E-state index contributed by atoms with van der Waals surface area (Å²) in [5, 5.41) is 14.4. The number of esters is 1. The van der Waals surface area contributed by atoms with Crippen LogP contribution >= 0.6 is 0 Å². The van der Waals surface area contributed by atoms with E-state index >= 15 is 0 Å². The quantitative estimate of drug-likeness (QED) is 0.307. The lowest BCUT2D eigenvalue weighted by Crippen LogP contribution is -2.35. The van der Waals surface area contributed by atoms with E-state index in [1.165, 1.54) is 18.4 Å². The van der Waals surface area contributed by atoms with Crippen LogP contribution in [0.2, 0.25) is 0 Å². The number of nitrogens with one attached hydrogen (secondary N) is 1. The second kappa shape index (κ2) is 12.4. The standard InChI is InChI=1S/C34H43NO6/c1-7-39-30(36)20-27-16-15-25(24-12-8-9-13-24)19-29(27)40-34(6)22(2)17-28(31(34)37)26-14-10-11-23(18-26)21-35-32(38)41-33(3,4)5/h10-11,14-19,24,37H,7-9,12-13,20-21H2,1-6H3,(H,35,38). The van der Waals surface area contributed by atoms with Gasteiger partial charge in [-0.1, -0.05) is 43.2 Å². The Labute approximate surface area is 243 Å². The summed E-state index contributed by atoms with van der Waals surface area (Å²) in [7, 11) is 0. The SMILES string of the molecule is CCOC(=O)Cc1ccc(C2CCCC2)cc1OC1(C)C(C)=CC(c2cccc(CNC(=O)OC(C)(C)C)c2)=C1O. The molecule has 0 spiro atoms. The number of hydrogen-bond donors (Lipinski definition) is 2. The Morgan fingerprint density at radius 3 is 2.51 bits per heavy atom. The van der Waals surface area contributed by atoms with Crippen molar-refractivity contribution < 1.29 is 28.9 Å². The van der Waals surface area contributed by atoms with E-state index in [2.05, 4.69) is 11.4 Å². The molecule has 0 saturated heterocycles. The molecular formula is C34H43NO6. The van der Waals surface area contributed by atoms with Crippen molar-refractivity contribution >= 4 is 17.6 Å². The largest absolute Gasteiger partial charge is 0.507 e. The molecule has 1 atom stereocenters. The molecule has 2 aromatic rings. The number of benzene rings is 2. The van der Waals surface area contributed by atoms with Crippen LogP contribution in [-0.2, 0) is 27.2 Å². The lowest BCUT2D eigenvalue weighted by atomic mass is 9.94. The van der Waals surface area contributed by atoms with E-state index < -0.39 is 17.3 Å². The number of hydrogen-bond acceptors (Lipinski definition) is 6. The van der Waals surface area contributed by atoms with Gasteiger partial charge < -0.3 is 24.6 Å². The summed E-state index contributed by atoms with van der Waals surface area (Å²) >= 11 is 0. The van der Waals surface area contributed by atoms with Gasteiger partial charge in [0.15, 0.2) is 5.60 Å². The summed E-state index contributed by atoms with van der Waals surface area (Å²) in [5.41, 5.74) is 3.42. The second-order valence-corrected chi connectivity index (χ2v) is 12.1. The van der Waals surface area contributed by atoms with E-state index in [9.17, 15) is 14.7 Å². The maximum atomic E-state index is 12.4. The molecule has 0 radical (unpaired) electrons. The number of ether oxygens (including phenoxy) is 3. The van der Waals surface area contributed by atoms with Gasteiger partial charge in [-0.2, -0.15) is 0 Å². The number of carbonyl (C=O) groups excluding carboxylic acids is 2. The van der Waals surface area contributed by atoms with E-state index in [4.69, 9.17) is 14.2 Å². The topological polar surface area (TPSA) is 94.1 Å². The molecule has 2 aromatic carbocycles. The van der Waals surface area contributed by atoms with Crippen LogP contribution in [0.15, 0.2) is 59.9 Å². The van der Waals surface area contributed by atoms with Crippen LogP contribution in [0.3, 0.4) is 0 Å². The molecule has 2 aliphatic carbocycles. The Kier molecular flexibility index (Phi) is 9.15. The van der Waals surface area contributed by atoms with Crippen molar-refractivity contribution in [3.63, 3.8) is 0 Å². The molecule has 220 valence electrons. The molecule has 1 saturated carbocycles. The smallest absolute Gasteiger partial charge is 0.407 e. The molecule has 0 aliphatic heterocycles. The van der Waals surface area contributed by atoms with Crippen LogP contribution < -0.4 is 10.1 Å². The van der Waals surface area contributed by atoms with Crippen molar-refractivity contribution in [1.29, 1.82) is 0 Å². The molecule has 0 bridgehead atoms.